The summed E-state index contributed by atoms with van der Waals surface area (Å²) in [4.78, 5) is 4.31. The van der Waals surface area contributed by atoms with E-state index in [-0.39, 0.29) is 12.1 Å². The maximum atomic E-state index is 5.74. The van der Waals surface area contributed by atoms with E-state index in [0.29, 0.717) is 0 Å². The first-order valence-corrected chi connectivity index (χ1v) is 7.37. The van der Waals surface area contributed by atoms with Crippen LogP contribution >= 0.6 is 0 Å². The van der Waals surface area contributed by atoms with E-state index in [9.17, 15) is 0 Å². The largest absolute Gasteiger partial charge is 0.489 e. The van der Waals surface area contributed by atoms with Gasteiger partial charge in [0, 0.05) is 6.20 Å². The summed E-state index contributed by atoms with van der Waals surface area (Å²) < 4.78 is 5.74. The number of rotatable bonds is 5. The maximum absolute atomic E-state index is 5.74. The number of aryl methyl sites for hydroxylation is 2. The number of nitrogens with zero attached hydrogens (tertiary/aromatic N) is 1. The van der Waals surface area contributed by atoms with Crippen LogP contribution in [0.5, 0.6) is 5.75 Å². The van der Waals surface area contributed by atoms with Crippen molar-refractivity contribution in [3.63, 3.8) is 0 Å². The van der Waals surface area contributed by atoms with Gasteiger partial charge in [-0.2, -0.15) is 0 Å². The van der Waals surface area contributed by atoms with E-state index >= 15 is 0 Å². The molecule has 2 rings (SSSR count). The lowest BCUT2D eigenvalue weighted by Gasteiger charge is -2.20. The van der Waals surface area contributed by atoms with Crippen LogP contribution in [0.15, 0.2) is 36.7 Å². The van der Waals surface area contributed by atoms with Gasteiger partial charge in [0.2, 0.25) is 0 Å². The molecule has 21 heavy (non-hydrogen) atoms. The number of aromatic nitrogens is 1. The molecule has 1 heterocycles. The number of nitrogens with one attached hydrogen (secondary N) is 1. The SMILES string of the molecule is CNC(c1cncc(OC(C)C)c1)c1ccc(C)cc1C. The highest BCUT2D eigenvalue weighted by Crippen LogP contribution is 2.27. The summed E-state index contributed by atoms with van der Waals surface area (Å²) in [5.74, 6) is 0.813. The van der Waals surface area contributed by atoms with E-state index < -0.39 is 0 Å². The fourth-order valence-corrected chi connectivity index (χ4v) is 2.58. The lowest BCUT2D eigenvalue weighted by Crippen LogP contribution is -2.19. The average Bonchev–Trinajstić information content (AvgIpc) is 2.41. The first-order valence-electron chi connectivity index (χ1n) is 7.37. The Morgan fingerprint density at radius 3 is 2.48 bits per heavy atom. The molecule has 1 aromatic heterocycles. The third kappa shape index (κ3) is 3.82. The van der Waals surface area contributed by atoms with Gasteiger partial charge in [-0.25, -0.2) is 0 Å². The molecule has 0 bridgehead atoms. The molecule has 1 aromatic carbocycles. The van der Waals surface area contributed by atoms with Crippen LogP contribution < -0.4 is 10.1 Å². The zero-order valence-corrected chi connectivity index (χ0v) is 13.5. The number of hydrogen-bond donors (Lipinski definition) is 1. The molecule has 0 aliphatic rings. The van der Waals surface area contributed by atoms with E-state index in [1.165, 1.54) is 16.7 Å². The van der Waals surface area contributed by atoms with Crippen LogP contribution in [-0.2, 0) is 0 Å². The lowest BCUT2D eigenvalue weighted by molar-refractivity contribution is 0.241. The first-order chi connectivity index (χ1) is 10.0. The van der Waals surface area contributed by atoms with Crippen molar-refractivity contribution in [2.45, 2.75) is 39.8 Å². The van der Waals surface area contributed by atoms with Gasteiger partial charge in [0.15, 0.2) is 0 Å². The van der Waals surface area contributed by atoms with Crippen molar-refractivity contribution in [2.24, 2.45) is 0 Å². The highest BCUT2D eigenvalue weighted by Gasteiger charge is 2.15. The van der Waals surface area contributed by atoms with Crippen molar-refractivity contribution in [3.05, 3.63) is 58.9 Å². The van der Waals surface area contributed by atoms with E-state index in [1.54, 1.807) is 6.20 Å². The molecule has 0 saturated carbocycles. The fraction of sp³-hybridized carbons (Fsp3) is 0.389. The summed E-state index contributed by atoms with van der Waals surface area (Å²) in [5, 5.41) is 3.38. The molecule has 2 aromatic rings. The maximum Gasteiger partial charge on any atom is 0.138 e. The van der Waals surface area contributed by atoms with Crippen LogP contribution in [0.3, 0.4) is 0 Å². The van der Waals surface area contributed by atoms with Crippen molar-refractivity contribution in [2.75, 3.05) is 7.05 Å². The molecule has 1 N–H and O–H groups in total. The molecule has 0 radical (unpaired) electrons. The van der Waals surface area contributed by atoms with Gasteiger partial charge in [0.1, 0.15) is 5.75 Å². The Morgan fingerprint density at radius 2 is 1.86 bits per heavy atom. The molecule has 0 fully saturated rings. The van der Waals surface area contributed by atoms with Crippen molar-refractivity contribution in [3.8, 4) is 5.75 Å². The summed E-state index contributed by atoms with van der Waals surface area (Å²) in [7, 11) is 1.97. The van der Waals surface area contributed by atoms with Gasteiger partial charge >= 0.3 is 0 Å². The van der Waals surface area contributed by atoms with Crippen molar-refractivity contribution >= 4 is 0 Å². The van der Waals surface area contributed by atoms with Gasteiger partial charge in [0.05, 0.1) is 18.3 Å². The van der Waals surface area contributed by atoms with Crippen LogP contribution in [0.25, 0.3) is 0 Å². The van der Waals surface area contributed by atoms with E-state index in [0.717, 1.165) is 11.3 Å². The van der Waals surface area contributed by atoms with Crippen molar-refractivity contribution in [1.82, 2.24) is 10.3 Å². The molecule has 112 valence electrons. The first kappa shape index (κ1) is 15.5. The molecule has 0 aliphatic carbocycles. The summed E-state index contributed by atoms with van der Waals surface area (Å²) in [6, 6.07) is 8.72. The van der Waals surface area contributed by atoms with Gasteiger partial charge < -0.3 is 10.1 Å². The second-order valence-corrected chi connectivity index (χ2v) is 5.70. The predicted molar refractivity (Wildman–Crippen MR) is 86.8 cm³/mol. The van der Waals surface area contributed by atoms with E-state index in [4.69, 9.17) is 4.74 Å². The van der Waals surface area contributed by atoms with Gasteiger partial charge in [-0.3, -0.25) is 4.98 Å². The molecule has 0 amide bonds. The summed E-state index contributed by atoms with van der Waals surface area (Å²) in [6.07, 6.45) is 3.81. The monoisotopic (exact) mass is 284 g/mol. The minimum Gasteiger partial charge on any atom is -0.489 e. The number of pyridine rings is 1. The predicted octanol–water partition coefficient (Wildman–Crippen LogP) is 3.79. The molecule has 3 heteroatoms. The second kappa shape index (κ2) is 6.72. The van der Waals surface area contributed by atoms with Crippen LogP contribution in [0.1, 0.15) is 42.1 Å². The van der Waals surface area contributed by atoms with Crippen LogP contribution in [-0.4, -0.2) is 18.1 Å². The summed E-state index contributed by atoms with van der Waals surface area (Å²) >= 11 is 0. The zero-order valence-electron chi connectivity index (χ0n) is 13.5. The zero-order chi connectivity index (χ0) is 15.4. The Labute approximate surface area is 127 Å². The standard InChI is InChI=1S/C18H24N2O/c1-12(2)21-16-9-15(10-20-11-16)18(19-5)17-7-6-13(3)8-14(17)4/h6-12,18-19H,1-5H3. The van der Waals surface area contributed by atoms with E-state index in [2.05, 4.69) is 48.4 Å². The highest BCUT2D eigenvalue weighted by atomic mass is 16.5. The molecular formula is C18H24N2O. The topological polar surface area (TPSA) is 34.2 Å². The Kier molecular flexibility index (Phi) is 4.97. The minimum atomic E-state index is 0.119. The third-order valence-electron chi connectivity index (χ3n) is 3.46. The van der Waals surface area contributed by atoms with Gasteiger partial charge in [-0.15, -0.1) is 0 Å². The molecule has 0 aliphatic heterocycles. The molecular weight excluding hydrogens is 260 g/mol. The number of ether oxygens (including phenoxy) is 1. The third-order valence-corrected chi connectivity index (χ3v) is 3.46. The smallest absolute Gasteiger partial charge is 0.138 e. The molecule has 0 saturated heterocycles. The molecule has 3 nitrogen and oxygen atoms in total. The van der Waals surface area contributed by atoms with Gasteiger partial charge in [-0.1, -0.05) is 23.8 Å². The Bertz CT molecular complexity index is 608. The second-order valence-electron chi connectivity index (χ2n) is 5.70. The van der Waals surface area contributed by atoms with Crippen molar-refractivity contribution in [1.29, 1.82) is 0 Å². The number of benzene rings is 1. The quantitative estimate of drug-likeness (QED) is 0.907. The summed E-state index contributed by atoms with van der Waals surface area (Å²) in [6.45, 7) is 8.30. The Morgan fingerprint density at radius 1 is 1.10 bits per heavy atom. The fourth-order valence-electron chi connectivity index (χ4n) is 2.58. The minimum absolute atomic E-state index is 0.119. The molecule has 1 unspecified atom stereocenters. The molecule has 1 atom stereocenters. The average molecular weight is 284 g/mol. The summed E-state index contributed by atoms with van der Waals surface area (Å²) in [5.41, 5.74) is 4.94. The molecule has 0 spiro atoms. The Hall–Kier alpha value is -1.87. The van der Waals surface area contributed by atoms with E-state index in [1.807, 2.05) is 27.1 Å². The van der Waals surface area contributed by atoms with Gasteiger partial charge in [0.25, 0.3) is 0 Å². The van der Waals surface area contributed by atoms with Crippen LogP contribution in [0.4, 0.5) is 0 Å². The van der Waals surface area contributed by atoms with Crippen LogP contribution in [0.2, 0.25) is 0 Å². The normalized spacial score (nSPS) is 12.5. The highest BCUT2D eigenvalue weighted by molar-refractivity contribution is 5.39. The number of hydrogen-bond acceptors (Lipinski definition) is 3. The van der Waals surface area contributed by atoms with Crippen molar-refractivity contribution < 1.29 is 4.74 Å². The van der Waals surface area contributed by atoms with Gasteiger partial charge in [-0.05, 0) is 57.5 Å². The lowest BCUT2D eigenvalue weighted by atomic mass is 9.95. The van der Waals surface area contributed by atoms with Crippen LogP contribution in [0, 0.1) is 13.8 Å². The Balaban J connectivity index is 2.37.